The van der Waals surface area contributed by atoms with Gasteiger partial charge in [-0.15, -0.1) is 0 Å². The lowest BCUT2D eigenvalue weighted by molar-refractivity contribution is -0.127. The van der Waals surface area contributed by atoms with E-state index in [1.807, 2.05) is 24.3 Å². The van der Waals surface area contributed by atoms with Gasteiger partial charge >= 0.3 is 0 Å². The molecule has 4 atom stereocenters. The van der Waals surface area contributed by atoms with Crippen LogP contribution in [0, 0.1) is 17.3 Å². The van der Waals surface area contributed by atoms with E-state index in [1.54, 1.807) is 12.4 Å². The van der Waals surface area contributed by atoms with E-state index in [4.69, 9.17) is 0 Å². The first kappa shape index (κ1) is 16.7. The number of phenolic OH excluding ortho intramolecular Hbond substituents is 1. The summed E-state index contributed by atoms with van der Waals surface area (Å²) in [7, 11) is 0. The highest BCUT2D eigenvalue weighted by atomic mass is 16.3. The maximum Gasteiger partial charge on any atom is 0.165 e. The van der Waals surface area contributed by atoms with E-state index in [-0.39, 0.29) is 5.41 Å². The maximum absolute atomic E-state index is 13.3. The predicted octanol–water partition coefficient (Wildman–Crippen LogP) is 4.91. The molecule has 3 aliphatic carbocycles. The summed E-state index contributed by atoms with van der Waals surface area (Å²) in [5.74, 6) is 2.25. The number of carbonyl (C=O) groups excluding carboxylic acids is 1. The van der Waals surface area contributed by atoms with Gasteiger partial charge in [-0.3, -0.25) is 9.78 Å². The van der Waals surface area contributed by atoms with E-state index >= 15 is 0 Å². The molecule has 1 aromatic carbocycles. The van der Waals surface area contributed by atoms with E-state index in [9.17, 15) is 9.90 Å². The number of pyridine rings is 1. The SMILES string of the molecule is C[C@]12CC[C@@H]3c4ccc(O)cc4CC[C@H]3[C@@H]1CC(=Cc1ccncc1)C2=O. The molecule has 1 N–H and O–H groups in total. The van der Waals surface area contributed by atoms with Crippen LogP contribution < -0.4 is 0 Å². The zero-order valence-electron chi connectivity index (χ0n) is 15.7. The zero-order valence-corrected chi connectivity index (χ0v) is 15.7. The van der Waals surface area contributed by atoms with E-state index in [2.05, 4.69) is 24.1 Å². The fraction of sp³-hybridized carbons (Fsp3) is 0.417. The summed E-state index contributed by atoms with van der Waals surface area (Å²) < 4.78 is 0. The van der Waals surface area contributed by atoms with E-state index in [1.165, 1.54) is 11.1 Å². The van der Waals surface area contributed by atoms with Crippen molar-refractivity contribution in [3.63, 3.8) is 0 Å². The molecule has 0 amide bonds. The third kappa shape index (κ3) is 2.55. The van der Waals surface area contributed by atoms with Gasteiger partial charge in [0.15, 0.2) is 5.78 Å². The zero-order chi connectivity index (χ0) is 18.6. The quantitative estimate of drug-likeness (QED) is 0.736. The summed E-state index contributed by atoms with van der Waals surface area (Å²) in [6.45, 7) is 2.20. The lowest BCUT2D eigenvalue weighted by atomic mass is 9.55. The minimum atomic E-state index is -0.214. The Hall–Kier alpha value is -2.42. The van der Waals surface area contributed by atoms with Gasteiger partial charge in [0.1, 0.15) is 5.75 Å². The molecule has 2 saturated carbocycles. The van der Waals surface area contributed by atoms with Crippen molar-refractivity contribution in [2.75, 3.05) is 0 Å². The van der Waals surface area contributed by atoms with Crippen LogP contribution >= 0.6 is 0 Å². The second kappa shape index (κ2) is 6.05. The molecule has 0 aliphatic heterocycles. The van der Waals surface area contributed by atoms with Crippen molar-refractivity contribution in [3.05, 3.63) is 65.0 Å². The molecule has 0 unspecified atom stereocenters. The summed E-state index contributed by atoms with van der Waals surface area (Å²) in [6.07, 6.45) is 10.7. The molecule has 1 heterocycles. The first-order valence-electron chi connectivity index (χ1n) is 10.0. The van der Waals surface area contributed by atoms with Crippen LogP contribution in [0.1, 0.15) is 55.2 Å². The second-order valence-electron chi connectivity index (χ2n) is 8.74. The molecule has 2 aromatic rings. The van der Waals surface area contributed by atoms with Crippen LogP contribution in [0.3, 0.4) is 0 Å². The van der Waals surface area contributed by atoms with Gasteiger partial charge in [-0.2, -0.15) is 0 Å². The molecular weight excluding hydrogens is 334 g/mol. The van der Waals surface area contributed by atoms with Gasteiger partial charge in [0.2, 0.25) is 0 Å². The van der Waals surface area contributed by atoms with Gasteiger partial charge < -0.3 is 5.11 Å². The van der Waals surface area contributed by atoms with Gasteiger partial charge in [-0.25, -0.2) is 0 Å². The van der Waals surface area contributed by atoms with Crippen LogP contribution in [-0.2, 0) is 11.2 Å². The van der Waals surface area contributed by atoms with Crippen molar-refractivity contribution in [1.82, 2.24) is 4.98 Å². The molecule has 0 saturated heterocycles. The van der Waals surface area contributed by atoms with Crippen LogP contribution in [0.25, 0.3) is 6.08 Å². The second-order valence-corrected chi connectivity index (χ2v) is 8.74. The number of nitrogens with zero attached hydrogens (tertiary/aromatic N) is 1. The third-order valence-electron chi connectivity index (χ3n) is 7.40. The summed E-state index contributed by atoms with van der Waals surface area (Å²) in [5, 5.41) is 9.83. The van der Waals surface area contributed by atoms with Crippen molar-refractivity contribution < 1.29 is 9.90 Å². The molecule has 3 heteroatoms. The van der Waals surface area contributed by atoms with Crippen LogP contribution in [0.15, 0.2) is 48.3 Å². The van der Waals surface area contributed by atoms with Crippen molar-refractivity contribution in [3.8, 4) is 5.75 Å². The van der Waals surface area contributed by atoms with E-state index in [0.717, 1.165) is 43.2 Å². The Morgan fingerprint density at radius 3 is 2.81 bits per heavy atom. The molecule has 27 heavy (non-hydrogen) atoms. The highest BCUT2D eigenvalue weighted by Gasteiger charge is 2.56. The first-order chi connectivity index (χ1) is 13.1. The monoisotopic (exact) mass is 359 g/mol. The molecule has 5 rings (SSSR count). The molecule has 3 nitrogen and oxygen atoms in total. The highest BCUT2D eigenvalue weighted by Crippen LogP contribution is 2.60. The summed E-state index contributed by atoms with van der Waals surface area (Å²) in [4.78, 5) is 17.4. The average Bonchev–Trinajstić information content (AvgIpc) is 2.93. The number of rotatable bonds is 1. The number of hydrogen-bond donors (Lipinski definition) is 1. The lowest BCUT2D eigenvalue weighted by Crippen LogP contribution is -2.42. The minimum absolute atomic E-state index is 0.214. The number of hydrogen-bond acceptors (Lipinski definition) is 3. The van der Waals surface area contributed by atoms with Crippen LogP contribution in [0.4, 0.5) is 0 Å². The number of Topliss-reactive ketones (excluding diaryl/α,β-unsaturated/α-hetero) is 1. The molecule has 138 valence electrons. The number of carbonyl (C=O) groups is 1. The van der Waals surface area contributed by atoms with E-state index in [0.29, 0.717) is 29.3 Å². The smallest absolute Gasteiger partial charge is 0.165 e. The number of allylic oxidation sites excluding steroid dienone is 1. The minimum Gasteiger partial charge on any atom is -0.508 e. The number of benzene rings is 1. The van der Waals surface area contributed by atoms with Crippen LogP contribution in [-0.4, -0.2) is 15.9 Å². The van der Waals surface area contributed by atoms with Crippen molar-refractivity contribution in [2.24, 2.45) is 17.3 Å². The maximum atomic E-state index is 13.3. The molecule has 0 spiro atoms. The van der Waals surface area contributed by atoms with Gasteiger partial charge in [0, 0.05) is 17.8 Å². The fourth-order valence-corrected chi connectivity index (χ4v) is 6.03. The van der Waals surface area contributed by atoms with E-state index < -0.39 is 0 Å². The van der Waals surface area contributed by atoms with Crippen molar-refractivity contribution in [2.45, 2.75) is 44.9 Å². The predicted molar refractivity (Wildman–Crippen MR) is 105 cm³/mol. The summed E-state index contributed by atoms with van der Waals surface area (Å²) in [5.41, 5.74) is 4.55. The number of phenols is 1. The first-order valence-corrected chi connectivity index (χ1v) is 10.0. The van der Waals surface area contributed by atoms with Crippen molar-refractivity contribution >= 4 is 11.9 Å². The Kier molecular flexibility index (Phi) is 3.75. The van der Waals surface area contributed by atoms with Crippen molar-refractivity contribution in [1.29, 1.82) is 0 Å². The molecule has 0 radical (unpaired) electrons. The largest absolute Gasteiger partial charge is 0.508 e. The summed E-state index contributed by atoms with van der Waals surface area (Å²) >= 11 is 0. The molecule has 2 fully saturated rings. The molecular formula is C24H25NO2. The fourth-order valence-electron chi connectivity index (χ4n) is 6.03. The number of aryl methyl sites for hydroxylation is 1. The Bertz CT molecular complexity index is 933. The standard InChI is InChI=1S/C24H25NO2/c1-24-9-6-20-19-5-3-18(26)13-16(19)2-4-21(20)22(24)14-17(23(24)27)12-15-7-10-25-11-8-15/h3,5,7-8,10-13,20-22,26H,2,4,6,9,14H2,1H3/t20-,21-,22+,24+/m1/s1. The molecule has 1 aromatic heterocycles. The Morgan fingerprint density at radius 2 is 2.00 bits per heavy atom. The summed E-state index contributed by atoms with van der Waals surface area (Å²) in [6, 6.07) is 9.82. The molecule has 3 aliphatic rings. The van der Waals surface area contributed by atoms with Gasteiger partial charge in [-0.1, -0.05) is 13.0 Å². The average molecular weight is 359 g/mol. The number of aromatic nitrogens is 1. The molecule has 0 bridgehead atoms. The van der Waals surface area contributed by atoms with Gasteiger partial charge in [0.25, 0.3) is 0 Å². The van der Waals surface area contributed by atoms with Gasteiger partial charge in [-0.05, 0) is 102 Å². The highest BCUT2D eigenvalue weighted by molar-refractivity contribution is 6.05. The normalized spacial score (nSPS) is 33.4. The van der Waals surface area contributed by atoms with Gasteiger partial charge in [0.05, 0.1) is 0 Å². The third-order valence-corrected chi connectivity index (χ3v) is 7.40. The Labute approximate surface area is 160 Å². The van der Waals surface area contributed by atoms with Crippen LogP contribution in [0.2, 0.25) is 0 Å². The number of ketones is 1. The Balaban J connectivity index is 1.50. The topological polar surface area (TPSA) is 50.2 Å². The number of fused-ring (bicyclic) bond motifs is 5. The Morgan fingerprint density at radius 1 is 1.19 bits per heavy atom. The van der Waals surface area contributed by atoms with Crippen LogP contribution in [0.5, 0.6) is 5.75 Å². The number of aromatic hydroxyl groups is 1. The lowest BCUT2D eigenvalue weighted by Gasteiger charge is -2.48.